The highest BCUT2D eigenvalue weighted by Crippen LogP contribution is 2.46. The van der Waals surface area contributed by atoms with Crippen LogP contribution < -0.4 is 10.9 Å². The molecule has 14 nitrogen and oxygen atoms in total. The molecule has 2 N–H and O–H groups in total. The van der Waals surface area contributed by atoms with Gasteiger partial charge in [-0.3, -0.25) is 19.9 Å². The highest BCUT2D eigenvalue weighted by atomic mass is 32.2. The summed E-state index contributed by atoms with van der Waals surface area (Å²) in [6.07, 6.45) is -2.43. The van der Waals surface area contributed by atoms with Crippen LogP contribution in [0.4, 0.5) is 5.95 Å². The Bertz CT molecular complexity index is 2040. The van der Waals surface area contributed by atoms with Gasteiger partial charge in [0.25, 0.3) is 5.56 Å². The van der Waals surface area contributed by atoms with E-state index in [2.05, 4.69) is 25.6 Å². The molecule has 1 saturated heterocycles. The Balaban J connectivity index is 1.41. The Morgan fingerprint density at radius 2 is 1.35 bits per heavy atom. The lowest BCUT2D eigenvalue weighted by atomic mass is 10.1. The molecule has 250 valence electrons. The van der Waals surface area contributed by atoms with E-state index in [1.807, 2.05) is 0 Å². The summed E-state index contributed by atoms with van der Waals surface area (Å²) >= 11 is 1.13. The molecule has 15 heteroatoms. The summed E-state index contributed by atoms with van der Waals surface area (Å²) in [4.78, 5) is 72.2. The Kier molecular flexibility index (Phi) is 9.80. The third kappa shape index (κ3) is 7.36. The van der Waals surface area contributed by atoms with Gasteiger partial charge in [-0.2, -0.15) is 4.98 Å². The zero-order chi connectivity index (χ0) is 34.5. The summed E-state index contributed by atoms with van der Waals surface area (Å²) in [6.45, 7) is 3.11. The van der Waals surface area contributed by atoms with Crippen LogP contribution in [0.5, 0.6) is 0 Å². The number of H-pyrrole nitrogens is 1. The third-order valence-corrected chi connectivity index (χ3v) is 9.02. The minimum absolute atomic E-state index is 0.0314. The van der Waals surface area contributed by atoms with E-state index in [0.29, 0.717) is 5.56 Å². The molecule has 3 heterocycles. The molecule has 0 aliphatic carbocycles. The first-order valence-corrected chi connectivity index (χ1v) is 16.2. The lowest BCUT2D eigenvalue weighted by Gasteiger charge is -2.26. The van der Waals surface area contributed by atoms with E-state index in [1.165, 1.54) is 4.68 Å². The van der Waals surface area contributed by atoms with Crippen molar-refractivity contribution in [2.75, 3.05) is 11.9 Å². The minimum Gasteiger partial charge on any atom is -0.461 e. The summed E-state index contributed by atoms with van der Waals surface area (Å²) in [5.41, 5.74) is -0.0570. The number of aromatic amines is 1. The maximum atomic E-state index is 13.5. The lowest BCUT2D eigenvalue weighted by Crippen LogP contribution is -2.41. The van der Waals surface area contributed by atoms with E-state index in [-0.39, 0.29) is 40.8 Å². The van der Waals surface area contributed by atoms with Crippen molar-refractivity contribution in [2.45, 2.75) is 36.7 Å². The first-order chi connectivity index (χ1) is 23.7. The predicted octanol–water partition coefficient (Wildman–Crippen LogP) is 4.03. The van der Waals surface area contributed by atoms with E-state index in [4.69, 9.17) is 14.2 Å². The van der Waals surface area contributed by atoms with Gasteiger partial charge in [-0.25, -0.2) is 19.1 Å². The van der Waals surface area contributed by atoms with Crippen LogP contribution in [0.1, 0.15) is 50.3 Å². The molecular formula is C34H30N6O8S. The number of ether oxygens (including phenoxy) is 3. The summed E-state index contributed by atoms with van der Waals surface area (Å²) < 4.78 is 19.0. The predicted molar refractivity (Wildman–Crippen MR) is 178 cm³/mol. The fraction of sp³-hybridized carbons (Fsp3) is 0.235. The van der Waals surface area contributed by atoms with Crippen molar-refractivity contribution in [3.63, 3.8) is 0 Å². The van der Waals surface area contributed by atoms with Gasteiger partial charge < -0.3 is 14.2 Å². The number of benzene rings is 3. The molecule has 3 aromatic carbocycles. The molecule has 1 aliphatic heterocycles. The quantitative estimate of drug-likeness (QED) is 0.159. The van der Waals surface area contributed by atoms with Crippen molar-refractivity contribution in [3.05, 3.63) is 118 Å². The van der Waals surface area contributed by atoms with Crippen molar-refractivity contribution in [3.8, 4) is 0 Å². The normalized spacial score (nSPS) is 18.6. The van der Waals surface area contributed by atoms with Gasteiger partial charge >= 0.3 is 17.9 Å². The average molecular weight is 683 g/mol. The Morgan fingerprint density at radius 1 is 0.816 bits per heavy atom. The zero-order valence-electron chi connectivity index (χ0n) is 26.2. The number of thioether (sulfide) groups is 1. The molecular weight excluding hydrogens is 652 g/mol. The Labute approximate surface area is 283 Å². The van der Waals surface area contributed by atoms with Crippen LogP contribution in [0.3, 0.4) is 0 Å². The van der Waals surface area contributed by atoms with Crippen molar-refractivity contribution >= 4 is 52.7 Å². The third-order valence-electron chi connectivity index (χ3n) is 7.52. The van der Waals surface area contributed by atoms with E-state index in [1.54, 1.807) is 105 Å². The number of anilines is 1. The molecule has 0 bridgehead atoms. The zero-order valence-corrected chi connectivity index (χ0v) is 27.0. The van der Waals surface area contributed by atoms with Gasteiger partial charge in [-0.05, 0) is 36.4 Å². The fourth-order valence-electron chi connectivity index (χ4n) is 4.99. The first kappa shape index (κ1) is 33.1. The molecule has 1 amide bonds. The molecule has 0 unspecified atom stereocenters. The Morgan fingerprint density at radius 3 is 1.90 bits per heavy atom. The maximum absolute atomic E-state index is 13.5. The van der Waals surface area contributed by atoms with Crippen molar-refractivity contribution in [1.29, 1.82) is 0 Å². The van der Waals surface area contributed by atoms with Gasteiger partial charge in [0.05, 0.1) is 21.9 Å². The van der Waals surface area contributed by atoms with Gasteiger partial charge in [-0.1, -0.05) is 73.7 Å². The van der Waals surface area contributed by atoms with Crippen LogP contribution in [0.15, 0.2) is 95.8 Å². The standard InChI is InChI=1S/C34H30N6O8S/c1-19(2)28(41)36-34-35-27-24(29(42)37-34)38-39-40(27)30-26(48-33(45)22-16-10-5-11-17-22)25(47-32(44)21-14-8-4-9-15-21)23(49-30)18-46-31(43)20-12-6-3-7-13-20/h3-17,19,23,25-26,30H,18H2,1-2H3,(H2,35,36,37,41,42)/t23-,25-,26-,30-/m1/s1. The number of esters is 3. The second-order valence-corrected chi connectivity index (χ2v) is 12.6. The molecule has 0 saturated carbocycles. The van der Waals surface area contributed by atoms with Crippen molar-refractivity contribution in [2.24, 2.45) is 5.92 Å². The van der Waals surface area contributed by atoms with E-state index >= 15 is 0 Å². The number of carbonyl (C=O) groups excluding carboxylic acids is 4. The van der Waals surface area contributed by atoms with Gasteiger partial charge in [0, 0.05) is 5.92 Å². The molecule has 2 aromatic heterocycles. The molecule has 0 radical (unpaired) electrons. The molecule has 0 spiro atoms. The summed E-state index contributed by atoms with van der Waals surface area (Å²) in [7, 11) is 0. The summed E-state index contributed by atoms with van der Waals surface area (Å²) in [6, 6.07) is 24.8. The van der Waals surface area contributed by atoms with Crippen LogP contribution in [-0.4, -0.2) is 72.8 Å². The van der Waals surface area contributed by atoms with E-state index in [0.717, 1.165) is 11.8 Å². The van der Waals surface area contributed by atoms with Crippen molar-refractivity contribution in [1.82, 2.24) is 25.0 Å². The SMILES string of the molecule is CC(C)C(=O)Nc1nc2c(nnn2[C@@H]2S[C@H](COC(=O)c3ccccc3)[C@@H](OC(=O)c3ccccc3)[C@H]2OC(=O)c2ccccc2)c(=O)[nH]1. The minimum atomic E-state index is -1.24. The summed E-state index contributed by atoms with van der Waals surface area (Å²) in [5.74, 6) is -2.97. The number of hydrogen-bond donors (Lipinski definition) is 2. The highest BCUT2D eigenvalue weighted by Gasteiger charge is 2.52. The van der Waals surface area contributed by atoms with E-state index in [9.17, 15) is 24.0 Å². The summed E-state index contributed by atoms with van der Waals surface area (Å²) in [5, 5.41) is 8.97. The monoisotopic (exact) mass is 682 g/mol. The van der Waals surface area contributed by atoms with Crippen LogP contribution in [-0.2, 0) is 19.0 Å². The van der Waals surface area contributed by atoms with Gasteiger partial charge in [0.2, 0.25) is 11.9 Å². The number of rotatable bonds is 10. The number of fused-ring (bicyclic) bond motifs is 1. The molecule has 6 rings (SSSR count). The van der Waals surface area contributed by atoms with Crippen LogP contribution in [0.25, 0.3) is 11.2 Å². The number of nitrogens with one attached hydrogen (secondary N) is 2. The smallest absolute Gasteiger partial charge is 0.338 e. The number of aromatic nitrogens is 5. The second kappa shape index (κ2) is 14.5. The number of amides is 1. The number of carbonyl (C=O) groups is 4. The highest BCUT2D eigenvalue weighted by molar-refractivity contribution is 8.00. The first-order valence-electron chi connectivity index (χ1n) is 15.3. The molecule has 5 aromatic rings. The second-order valence-electron chi connectivity index (χ2n) is 11.3. The Hall–Kier alpha value is -5.83. The molecule has 1 aliphatic rings. The van der Waals surface area contributed by atoms with Crippen LogP contribution in [0.2, 0.25) is 0 Å². The maximum Gasteiger partial charge on any atom is 0.338 e. The van der Waals surface area contributed by atoms with Gasteiger partial charge in [0.15, 0.2) is 23.4 Å². The van der Waals surface area contributed by atoms with Crippen molar-refractivity contribution < 1.29 is 33.4 Å². The molecule has 4 atom stereocenters. The fourth-order valence-corrected chi connectivity index (χ4v) is 6.48. The van der Waals surface area contributed by atoms with Crippen LogP contribution >= 0.6 is 11.8 Å². The number of hydrogen-bond acceptors (Lipinski definition) is 12. The van der Waals surface area contributed by atoms with E-state index < -0.39 is 52.2 Å². The topological polar surface area (TPSA) is 184 Å². The van der Waals surface area contributed by atoms with Gasteiger partial charge in [-0.15, -0.1) is 16.9 Å². The number of nitrogens with zero attached hydrogens (tertiary/aromatic N) is 4. The van der Waals surface area contributed by atoms with Crippen LogP contribution in [0, 0.1) is 5.92 Å². The molecule has 49 heavy (non-hydrogen) atoms. The molecule has 1 fully saturated rings. The lowest BCUT2D eigenvalue weighted by molar-refractivity contribution is -0.118. The average Bonchev–Trinajstić information content (AvgIpc) is 3.69. The van der Waals surface area contributed by atoms with Gasteiger partial charge in [0.1, 0.15) is 12.0 Å². The largest absolute Gasteiger partial charge is 0.461 e.